The van der Waals surface area contributed by atoms with Gasteiger partial charge in [-0.15, -0.1) is 11.3 Å². The first kappa shape index (κ1) is 12.6. The van der Waals surface area contributed by atoms with Gasteiger partial charge in [-0.1, -0.05) is 13.8 Å². The standard InChI is InChI=1S/C11H20N2OS/c1-11(2,8-12-4-5-14-3)6-10-7-15-9-13-10/h7,9,12H,4-6,8H2,1-3H3. The molecule has 1 heterocycles. The van der Waals surface area contributed by atoms with Crippen molar-refractivity contribution in [3.8, 4) is 0 Å². The van der Waals surface area contributed by atoms with Crippen LogP contribution in [0.25, 0.3) is 0 Å². The smallest absolute Gasteiger partial charge is 0.0794 e. The number of thiazole rings is 1. The van der Waals surface area contributed by atoms with Crippen molar-refractivity contribution in [3.05, 3.63) is 16.6 Å². The fraction of sp³-hybridized carbons (Fsp3) is 0.727. The zero-order valence-corrected chi connectivity index (χ0v) is 10.6. The summed E-state index contributed by atoms with van der Waals surface area (Å²) in [7, 11) is 1.72. The number of aromatic nitrogens is 1. The topological polar surface area (TPSA) is 34.1 Å². The number of nitrogens with one attached hydrogen (secondary N) is 1. The highest BCUT2D eigenvalue weighted by Crippen LogP contribution is 2.20. The molecule has 0 fully saturated rings. The number of rotatable bonds is 7. The van der Waals surface area contributed by atoms with Gasteiger partial charge in [0.05, 0.1) is 17.8 Å². The van der Waals surface area contributed by atoms with Crippen LogP contribution in [0.5, 0.6) is 0 Å². The summed E-state index contributed by atoms with van der Waals surface area (Å²) in [6.45, 7) is 7.19. The van der Waals surface area contributed by atoms with Crippen LogP contribution in [-0.2, 0) is 11.2 Å². The second-order valence-electron chi connectivity index (χ2n) is 4.49. The quantitative estimate of drug-likeness (QED) is 0.724. The van der Waals surface area contributed by atoms with Crippen molar-refractivity contribution in [2.24, 2.45) is 5.41 Å². The van der Waals surface area contributed by atoms with E-state index >= 15 is 0 Å². The maximum Gasteiger partial charge on any atom is 0.0794 e. The van der Waals surface area contributed by atoms with Gasteiger partial charge in [0.15, 0.2) is 0 Å². The predicted molar refractivity (Wildman–Crippen MR) is 64.3 cm³/mol. The molecule has 86 valence electrons. The van der Waals surface area contributed by atoms with Crippen molar-refractivity contribution in [2.45, 2.75) is 20.3 Å². The van der Waals surface area contributed by atoms with Crippen LogP contribution < -0.4 is 5.32 Å². The van der Waals surface area contributed by atoms with Crippen molar-refractivity contribution in [1.29, 1.82) is 0 Å². The summed E-state index contributed by atoms with van der Waals surface area (Å²) in [5.74, 6) is 0. The Hall–Kier alpha value is -0.450. The summed E-state index contributed by atoms with van der Waals surface area (Å²) in [5, 5.41) is 5.51. The highest BCUT2D eigenvalue weighted by atomic mass is 32.1. The fourth-order valence-electron chi connectivity index (χ4n) is 1.48. The molecule has 3 nitrogen and oxygen atoms in total. The minimum Gasteiger partial charge on any atom is -0.383 e. The predicted octanol–water partition coefficient (Wildman–Crippen LogP) is 1.95. The number of hydrogen-bond acceptors (Lipinski definition) is 4. The van der Waals surface area contributed by atoms with Crippen LogP contribution in [0.15, 0.2) is 10.9 Å². The van der Waals surface area contributed by atoms with Crippen LogP contribution in [0.4, 0.5) is 0 Å². The monoisotopic (exact) mass is 228 g/mol. The first-order chi connectivity index (χ1) is 7.14. The van der Waals surface area contributed by atoms with Gasteiger partial charge >= 0.3 is 0 Å². The third-order valence-electron chi connectivity index (χ3n) is 2.23. The third kappa shape index (κ3) is 5.25. The third-order valence-corrected chi connectivity index (χ3v) is 2.86. The van der Waals surface area contributed by atoms with Crippen LogP contribution in [0.3, 0.4) is 0 Å². The van der Waals surface area contributed by atoms with Crippen LogP contribution in [-0.4, -0.2) is 31.8 Å². The minimum atomic E-state index is 0.252. The van der Waals surface area contributed by atoms with Gasteiger partial charge in [-0.05, 0) is 11.8 Å². The van der Waals surface area contributed by atoms with E-state index in [4.69, 9.17) is 4.74 Å². The van der Waals surface area contributed by atoms with Gasteiger partial charge in [0.1, 0.15) is 0 Å². The van der Waals surface area contributed by atoms with Gasteiger partial charge in [0.2, 0.25) is 0 Å². The van der Waals surface area contributed by atoms with Gasteiger partial charge in [-0.2, -0.15) is 0 Å². The maximum absolute atomic E-state index is 4.99. The minimum absolute atomic E-state index is 0.252. The Labute approximate surface area is 95.9 Å². The van der Waals surface area contributed by atoms with E-state index in [2.05, 4.69) is 29.5 Å². The van der Waals surface area contributed by atoms with Gasteiger partial charge in [-0.3, -0.25) is 0 Å². The van der Waals surface area contributed by atoms with E-state index in [1.165, 1.54) is 5.69 Å². The molecular weight excluding hydrogens is 208 g/mol. The Kier molecular flexibility index (Phi) is 5.22. The van der Waals surface area contributed by atoms with E-state index in [0.29, 0.717) is 0 Å². The lowest BCUT2D eigenvalue weighted by atomic mass is 9.88. The summed E-state index contributed by atoms with van der Waals surface area (Å²) in [6.07, 6.45) is 1.02. The fourth-order valence-corrected chi connectivity index (χ4v) is 2.04. The number of nitrogens with zero attached hydrogens (tertiary/aromatic N) is 1. The Morgan fingerprint density at radius 3 is 2.93 bits per heavy atom. The second-order valence-corrected chi connectivity index (χ2v) is 5.21. The second kappa shape index (κ2) is 6.20. The SMILES string of the molecule is COCCNCC(C)(C)Cc1cscn1. The normalized spacial score (nSPS) is 11.9. The molecule has 0 spiro atoms. The molecule has 0 radical (unpaired) electrons. The van der Waals surface area contributed by atoms with Crippen molar-refractivity contribution < 1.29 is 4.74 Å². The number of ether oxygens (including phenoxy) is 1. The molecule has 4 heteroatoms. The molecular formula is C11H20N2OS. The zero-order chi connectivity index (χ0) is 11.1. The summed E-state index contributed by atoms with van der Waals surface area (Å²) < 4.78 is 4.99. The molecule has 15 heavy (non-hydrogen) atoms. The molecule has 0 aliphatic carbocycles. The highest BCUT2D eigenvalue weighted by molar-refractivity contribution is 7.07. The Morgan fingerprint density at radius 2 is 2.33 bits per heavy atom. The highest BCUT2D eigenvalue weighted by Gasteiger charge is 2.18. The Bertz CT molecular complexity index is 260. The van der Waals surface area contributed by atoms with Gasteiger partial charge in [0, 0.05) is 25.6 Å². The van der Waals surface area contributed by atoms with Gasteiger partial charge in [0.25, 0.3) is 0 Å². The van der Waals surface area contributed by atoms with Crippen molar-refractivity contribution in [3.63, 3.8) is 0 Å². The lowest BCUT2D eigenvalue weighted by molar-refractivity contribution is 0.194. The largest absolute Gasteiger partial charge is 0.383 e. The van der Waals surface area contributed by atoms with Crippen LogP contribution in [0.2, 0.25) is 0 Å². The van der Waals surface area contributed by atoms with E-state index in [1.807, 2.05) is 5.51 Å². The average Bonchev–Trinajstić information content (AvgIpc) is 2.64. The first-order valence-corrected chi connectivity index (χ1v) is 6.15. The van der Waals surface area contributed by atoms with Crippen LogP contribution >= 0.6 is 11.3 Å². The molecule has 0 atom stereocenters. The van der Waals surface area contributed by atoms with Gasteiger partial charge < -0.3 is 10.1 Å². The Morgan fingerprint density at radius 1 is 1.53 bits per heavy atom. The molecule has 0 saturated carbocycles. The van der Waals surface area contributed by atoms with E-state index < -0.39 is 0 Å². The zero-order valence-electron chi connectivity index (χ0n) is 9.75. The average molecular weight is 228 g/mol. The number of methoxy groups -OCH3 is 1. The summed E-state index contributed by atoms with van der Waals surface area (Å²) >= 11 is 1.66. The Balaban J connectivity index is 2.25. The van der Waals surface area contributed by atoms with E-state index in [9.17, 15) is 0 Å². The van der Waals surface area contributed by atoms with Crippen LogP contribution in [0, 0.1) is 5.41 Å². The molecule has 0 bridgehead atoms. The molecule has 0 unspecified atom stereocenters. The van der Waals surface area contributed by atoms with E-state index in [-0.39, 0.29) is 5.41 Å². The number of hydrogen-bond donors (Lipinski definition) is 1. The van der Waals surface area contributed by atoms with Crippen molar-refractivity contribution in [2.75, 3.05) is 26.8 Å². The molecule has 0 amide bonds. The molecule has 0 aliphatic heterocycles. The first-order valence-electron chi connectivity index (χ1n) is 5.21. The molecule has 0 aliphatic rings. The summed E-state index contributed by atoms with van der Waals surface area (Å²) in [4.78, 5) is 4.31. The van der Waals surface area contributed by atoms with E-state index in [0.717, 1.165) is 26.1 Å². The molecule has 0 aromatic carbocycles. The summed E-state index contributed by atoms with van der Waals surface area (Å²) in [6, 6.07) is 0. The van der Waals surface area contributed by atoms with Crippen molar-refractivity contribution >= 4 is 11.3 Å². The molecule has 1 aromatic rings. The van der Waals surface area contributed by atoms with Crippen molar-refractivity contribution in [1.82, 2.24) is 10.3 Å². The molecule has 1 aromatic heterocycles. The lowest BCUT2D eigenvalue weighted by Crippen LogP contribution is -2.33. The van der Waals surface area contributed by atoms with Gasteiger partial charge in [-0.25, -0.2) is 4.98 Å². The molecule has 1 rings (SSSR count). The summed E-state index contributed by atoms with van der Waals surface area (Å²) in [5.41, 5.74) is 3.34. The lowest BCUT2D eigenvalue weighted by Gasteiger charge is -2.24. The maximum atomic E-state index is 4.99. The van der Waals surface area contributed by atoms with E-state index in [1.54, 1.807) is 18.4 Å². The van der Waals surface area contributed by atoms with Crippen LogP contribution in [0.1, 0.15) is 19.5 Å². The molecule has 1 N–H and O–H groups in total. The molecule has 0 saturated heterocycles.